The Bertz CT molecular complexity index is 765. The van der Waals surface area contributed by atoms with Gasteiger partial charge in [0, 0.05) is 22.5 Å². The highest BCUT2D eigenvalue weighted by atomic mass is 32.1. The van der Waals surface area contributed by atoms with E-state index in [0.717, 1.165) is 17.0 Å². The number of para-hydroxylation sites is 1. The summed E-state index contributed by atoms with van der Waals surface area (Å²) in [6, 6.07) is 8.59. The molecule has 0 aliphatic carbocycles. The van der Waals surface area contributed by atoms with Crippen LogP contribution in [0.3, 0.4) is 0 Å². The minimum Gasteiger partial charge on any atom is -0.545 e. The minimum absolute atomic E-state index is 0.0763. The Kier molecular flexibility index (Phi) is 4.57. The SMILES string of the molecule is Cc1cc(/C=N\NC(N)=S)c(C)n1-c1ccccc1C(=O)[O-]. The zero-order valence-electron chi connectivity index (χ0n) is 12.2. The molecule has 1 aromatic heterocycles. The van der Waals surface area contributed by atoms with E-state index in [1.807, 2.05) is 24.5 Å². The average Bonchev–Trinajstić information content (AvgIpc) is 2.73. The van der Waals surface area contributed by atoms with Crippen molar-refractivity contribution in [2.75, 3.05) is 0 Å². The number of carbonyl (C=O) groups excluding carboxylic acids is 1. The number of hydrazone groups is 1. The smallest absolute Gasteiger partial charge is 0.184 e. The van der Waals surface area contributed by atoms with Gasteiger partial charge in [0.2, 0.25) is 0 Å². The molecule has 7 heteroatoms. The van der Waals surface area contributed by atoms with Gasteiger partial charge in [0.05, 0.1) is 17.9 Å². The number of nitrogens with one attached hydrogen (secondary N) is 1. The number of aryl methyl sites for hydroxylation is 1. The normalized spacial score (nSPS) is 10.8. The van der Waals surface area contributed by atoms with Crippen LogP contribution in [0.25, 0.3) is 5.69 Å². The number of benzene rings is 1. The maximum atomic E-state index is 11.3. The van der Waals surface area contributed by atoms with Crippen LogP contribution in [0.4, 0.5) is 0 Å². The van der Waals surface area contributed by atoms with Gasteiger partial charge in [0.1, 0.15) is 0 Å². The van der Waals surface area contributed by atoms with E-state index in [4.69, 9.17) is 5.73 Å². The van der Waals surface area contributed by atoms with E-state index in [1.54, 1.807) is 24.4 Å². The van der Waals surface area contributed by atoms with Gasteiger partial charge in [0.15, 0.2) is 5.11 Å². The van der Waals surface area contributed by atoms with Crippen LogP contribution < -0.4 is 16.3 Å². The fourth-order valence-electron chi connectivity index (χ4n) is 2.30. The molecule has 0 atom stereocenters. The van der Waals surface area contributed by atoms with Gasteiger partial charge >= 0.3 is 0 Å². The Morgan fingerprint density at radius 3 is 2.73 bits per heavy atom. The van der Waals surface area contributed by atoms with Crippen LogP contribution in [0.2, 0.25) is 0 Å². The van der Waals surface area contributed by atoms with E-state index in [2.05, 4.69) is 22.7 Å². The minimum atomic E-state index is -1.21. The zero-order valence-corrected chi connectivity index (χ0v) is 13.0. The molecular weight excluding hydrogens is 300 g/mol. The molecular formula is C15H15N4O2S-. The standard InChI is InChI=1S/C15H16N4O2S/c1-9-7-11(8-17-18-15(16)22)10(2)19(9)13-6-4-3-5-12(13)14(20)21/h3-8H,1-2H3,(H,20,21)(H3,16,18,22)/p-1/b17-8-. The predicted molar refractivity (Wildman–Crippen MR) is 87.1 cm³/mol. The molecule has 1 aromatic carbocycles. The molecule has 2 aromatic rings. The third-order valence-electron chi connectivity index (χ3n) is 3.21. The van der Waals surface area contributed by atoms with Crippen molar-refractivity contribution in [1.29, 1.82) is 0 Å². The fourth-order valence-corrected chi connectivity index (χ4v) is 2.35. The molecule has 0 spiro atoms. The van der Waals surface area contributed by atoms with Crippen LogP contribution in [0.1, 0.15) is 27.3 Å². The zero-order chi connectivity index (χ0) is 16.3. The van der Waals surface area contributed by atoms with Crippen molar-refractivity contribution in [2.45, 2.75) is 13.8 Å². The molecule has 0 amide bonds. The highest BCUT2D eigenvalue weighted by Crippen LogP contribution is 2.22. The number of carboxylic acid groups (broad SMARTS) is 1. The van der Waals surface area contributed by atoms with E-state index >= 15 is 0 Å². The average molecular weight is 315 g/mol. The summed E-state index contributed by atoms with van der Waals surface area (Å²) in [5, 5.41) is 15.3. The number of aromatic carboxylic acids is 1. The molecule has 0 saturated carbocycles. The molecule has 22 heavy (non-hydrogen) atoms. The van der Waals surface area contributed by atoms with Crippen molar-refractivity contribution >= 4 is 29.5 Å². The fraction of sp³-hybridized carbons (Fsp3) is 0.133. The summed E-state index contributed by atoms with van der Waals surface area (Å²) in [6.45, 7) is 3.76. The molecule has 0 radical (unpaired) electrons. The molecule has 1 heterocycles. The van der Waals surface area contributed by atoms with Gasteiger partial charge in [-0.1, -0.05) is 18.2 Å². The number of hydrogen-bond acceptors (Lipinski definition) is 4. The molecule has 0 bridgehead atoms. The molecule has 0 fully saturated rings. The number of hydrogen-bond donors (Lipinski definition) is 2. The number of carbonyl (C=O) groups is 1. The highest BCUT2D eigenvalue weighted by Gasteiger charge is 2.12. The van der Waals surface area contributed by atoms with Crippen molar-refractivity contribution in [3.05, 3.63) is 52.8 Å². The van der Waals surface area contributed by atoms with Crippen LogP contribution in [0.15, 0.2) is 35.4 Å². The number of aromatic nitrogens is 1. The number of thiocarbonyl (C=S) groups is 1. The summed E-state index contributed by atoms with van der Waals surface area (Å²) in [5.74, 6) is -1.21. The molecule has 0 aliphatic rings. The molecule has 3 N–H and O–H groups in total. The molecule has 0 saturated heterocycles. The first-order valence-corrected chi connectivity index (χ1v) is 6.91. The van der Waals surface area contributed by atoms with E-state index in [0.29, 0.717) is 5.69 Å². The Balaban J connectivity index is 2.50. The second-order valence-corrected chi connectivity index (χ2v) is 5.14. The second kappa shape index (κ2) is 6.40. The Hall–Kier alpha value is -2.67. The van der Waals surface area contributed by atoms with Crippen molar-refractivity contribution in [3.8, 4) is 5.69 Å². The van der Waals surface area contributed by atoms with Crippen LogP contribution >= 0.6 is 12.2 Å². The van der Waals surface area contributed by atoms with Crippen LogP contribution in [0, 0.1) is 13.8 Å². The number of carboxylic acids is 1. The van der Waals surface area contributed by atoms with Crippen molar-refractivity contribution in [2.24, 2.45) is 10.8 Å². The van der Waals surface area contributed by atoms with Gasteiger partial charge < -0.3 is 20.2 Å². The first-order valence-electron chi connectivity index (χ1n) is 6.50. The Labute approximate surface area is 133 Å². The Morgan fingerprint density at radius 2 is 2.09 bits per heavy atom. The molecule has 6 nitrogen and oxygen atoms in total. The van der Waals surface area contributed by atoms with E-state index in [-0.39, 0.29) is 10.7 Å². The van der Waals surface area contributed by atoms with Gasteiger partial charge in [-0.2, -0.15) is 5.10 Å². The number of rotatable bonds is 4. The molecule has 0 aliphatic heterocycles. The van der Waals surface area contributed by atoms with Crippen molar-refractivity contribution in [3.63, 3.8) is 0 Å². The lowest BCUT2D eigenvalue weighted by atomic mass is 10.1. The van der Waals surface area contributed by atoms with E-state index in [9.17, 15) is 9.90 Å². The lowest BCUT2D eigenvalue weighted by Crippen LogP contribution is -2.24. The number of nitrogens with zero attached hydrogens (tertiary/aromatic N) is 2. The van der Waals surface area contributed by atoms with Crippen molar-refractivity contribution < 1.29 is 9.90 Å². The first kappa shape index (κ1) is 15.7. The maximum Gasteiger partial charge on any atom is 0.184 e. The summed E-state index contributed by atoms with van der Waals surface area (Å²) in [5.41, 5.74) is 11.0. The third-order valence-corrected chi connectivity index (χ3v) is 3.30. The first-order chi connectivity index (χ1) is 10.4. The summed E-state index contributed by atoms with van der Waals surface area (Å²) < 4.78 is 1.84. The van der Waals surface area contributed by atoms with Gasteiger partial charge in [-0.15, -0.1) is 0 Å². The van der Waals surface area contributed by atoms with E-state index < -0.39 is 5.97 Å². The van der Waals surface area contributed by atoms with Gasteiger partial charge in [-0.05, 0) is 38.2 Å². The lowest BCUT2D eigenvalue weighted by molar-refractivity contribution is -0.255. The number of nitrogens with two attached hydrogens (primary N) is 1. The molecule has 0 unspecified atom stereocenters. The summed E-state index contributed by atoms with van der Waals surface area (Å²) in [4.78, 5) is 11.3. The van der Waals surface area contributed by atoms with Crippen LogP contribution in [-0.4, -0.2) is 21.9 Å². The maximum absolute atomic E-state index is 11.3. The van der Waals surface area contributed by atoms with Gasteiger partial charge in [-0.25, -0.2) is 0 Å². The van der Waals surface area contributed by atoms with Gasteiger partial charge in [-0.3, -0.25) is 5.43 Å². The quantitative estimate of drug-likeness (QED) is 0.490. The third kappa shape index (κ3) is 3.15. The highest BCUT2D eigenvalue weighted by molar-refractivity contribution is 7.80. The second-order valence-electron chi connectivity index (χ2n) is 4.70. The largest absolute Gasteiger partial charge is 0.545 e. The van der Waals surface area contributed by atoms with E-state index in [1.165, 1.54) is 6.07 Å². The van der Waals surface area contributed by atoms with Crippen LogP contribution in [0.5, 0.6) is 0 Å². The monoisotopic (exact) mass is 315 g/mol. The summed E-state index contributed by atoms with van der Waals surface area (Å²) >= 11 is 4.67. The van der Waals surface area contributed by atoms with Crippen molar-refractivity contribution in [1.82, 2.24) is 9.99 Å². The molecule has 114 valence electrons. The predicted octanol–water partition coefficient (Wildman–Crippen LogP) is 0.625. The molecule has 2 rings (SSSR count). The lowest BCUT2D eigenvalue weighted by Gasteiger charge is -2.15. The summed E-state index contributed by atoms with van der Waals surface area (Å²) in [7, 11) is 0. The van der Waals surface area contributed by atoms with Crippen LogP contribution in [-0.2, 0) is 0 Å². The van der Waals surface area contributed by atoms with Gasteiger partial charge in [0.25, 0.3) is 0 Å². The topological polar surface area (TPSA) is 95.5 Å². The Morgan fingerprint density at radius 1 is 1.41 bits per heavy atom. The summed E-state index contributed by atoms with van der Waals surface area (Å²) in [6.07, 6.45) is 1.58.